The van der Waals surface area contributed by atoms with Gasteiger partial charge in [0, 0.05) is 51.8 Å². The first kappa shape index (κ1) is 18.3. The third-order valence-corrected chi connectivity index (χ3v) is 5.16. The molecule has 2 fully saturated rings. The maximum absolute atomic E-state index is 13.4. The van der Waals surface area contributed by atoms with E-state index in [9.17, 15) is 4.79 Å². The van der Waals surface area contributed by atoms with Crippen LogP contribution >= 0.6 is 0 Å². The van der Waals surface area contributed by atoms with Gasteiger partial charge >= 0.3 is 0 Å². The third kappa shape index (κ3) is 4.77. The lowest BCUT2D eigenvalue weighted by molar-refractivity contribution is -0.140. The predicted molar refractivity (Wildman–Crippen MR) is 95.2 cm³/mol. The molecule has 3 rings (SSSR count). The van der Waals surface area contributed by atoms with E-state index in [4.69, 9.17) is 9.47 Å². The maximum atomic E-state index is 13.4. The van der Waals surface area contributed by atoms with Crippen LogP contribution in [0.3, 0.4) is 0 Å². The molecule has 2 aliphatic heterocycles. The number of hydrogen-bond donors (Lipinski definition) is 0. The summed E-state index contributed by atoms with van der Waals surface area (Å²) in [6.07, 6.45) is 5.65. The number of likely N-dealkylation sites (N-methyl/N-ethyl adjacent to an activating group) is 1. The highest BCUT2D eigenvalue weighted by atomic mass is 16.5. The van der Waals surface area contributed by atoms with Crippen LogP contribution in [0, 0.1) is 5.92 Å². The molecule has 2 aliphatic rings. The van der Waals surface area contributed by atoms with E-state index in [1.54, 1.807) is 6.20 Å². The van der Waals surface area contributed by atoms with Gasteiger partial charge in [0.1, 0.15) is 6.04 Å². The quantitative estimate of drug-likeness (QED) is 0.784. The van der Waals surface area contributed by atoms with Crippen molar-refractivity contribution >= 4 is 5.91 Å². The molecule has 6 nitrogen and oxygen atoms in total. The zero-order valence-electron chi connectivity index (χ0n) is 15.1. The van der Waals surface area contributed by atoms with Gasteiger partial charge in [-0.3, -0.25) is 14.7 Å². The molecule has 1 aromatic rings. The highest BCUT2D eigenvalue weighted by Gasteiger charge is 2.33. The van der Waals surface area contributed by atoms with Crippen LogP contribution in [0.15, 0.2) is 24.5 Å². The molecule has 0 aromatic carbocycles. The van der Waals surface area contributed by atoms with E-state index < -0.39 is 0 Å². The van der Waals surface area contributed by atoms with E-state index in [0.29, 0.717) is 19.1 Å². The summed E-state index contributed by atoms with van der Waals surface area (Å²) in [5, 5.41) is 0. The third-order valence-electron chi connectivity index (χ3n) is 5.16. The van der Waals surface area contributed by atoms with Gasteiger partial charge in [-0.2, -0.15) is 0 Å². The normalized spacial score (nSPS) is 21.0. The zero-order valence-corrected chi connectivity index (χ0v) is 15.1. The first-order valence-electron chi connectivity index (χ1n) is 9.38. The molecule has 25 heavy (non-hydrogen) atoms. The van der Waals surface area contributed by atoms with Crippen molar-refractivity contribution in [3.63, 3.8) is 0 Å². The molecule has 1 amide bonds. The average Bonchev–Trinajstić information content (AvgIpc) is 2.69. The lowest BCUT2D eigenvalue weighted by Gasteiger charge is -2.37. The van der Waals surface area contributed by atoms with Crippen molar-refractivity contribution in [1.29, 1.82) is 0 Å². The van der Waals surface area contributed by atoms with Gasteiger partial charge in [-0.1, -0.05) is 6.07 Å². The minimum absolute atomic E-state index is 0.184. The number of pyridine rings is 1. The van der Waals surface area contributed by atoms with Crippen LogP contribution < -0.4 is 0 Å². The molecule has 1 atom stereocenters. The Morgan fingerprint density at radius 2 is 2.00 bits per heavy atom. The molecule has 6 heteroatoms. The molecule has 2 saturated heterocycles. The number of hydrogen-bond acceptors (Lipinski definition) is 5. The molecule has 0 unspecified atom stereocenters. The molecule has 138 valence electrons. The van der Waals surface area contributed by atoms with Crippen molar-refractivity contribution in [1.82, 2.24) is 14.8 Å². The van der Waals surface area contributed by atoms with Gasteiger partial charge in [-0.15, -0.1) is 0 Å². The Hall–Kier alpha value is -1.50. The Balaban J connectivity index is 1.76. The van der Waals surface area contributed by atoms with Crippen LogP contribution in [0.25, 0.3) is 0 Å². The SMILES string of the molecule is CCN(CC1CCOCC1)C(=O)[C@H](c1cccnc1)N1CCOCC1. The van der Waals surface area contributed by atoms with E-state index in [1.165, 1.54) is 0 Å². The van der Waals surface area contributed by atoms with Crippen molar-refractivity contribution in [2.75, 3.05) is 52.6 Å². The van der Waals surface area contributed by atoms with Crippen LogP contribution in [0.4, 0.5) is 0 Å². The summed E-state index contributed by atoms with van der Waals surface area (Å²) in [5.74, 6) is 0.723. The van der Waals surface area contributed by atoms with Gasteiger partial charge < -0.3 is 14.4 Å². The fourth-order valence-electron chi connectivity index (χ4n) is 3.67. The second-order valence-electron chi connectivity index (χ2n) is 6.77. The summed E-state index contributed by atoms with van der Waals surface area (Å²) in [6, 6.07) is 3.65. The first-order chi connectivity index (χ1) is 12.3. The maximum Gasteiger partial charge on any atom is 0.244 e. The monoisotopic (exact) mass is 347 g/mol. The molecule has 0 spiro atoms. The molecule has 0 saturated carbocycles. The second kappa shape index (κ2) is 9.27. The highest BCUT2D eigenvalue weighted by Crippen LogP contribution is 2.25. The summed E-state index contributed by atoms with van der Waals surface area (Å²) in [4.78, 5) is 21.9. The fraction of sp³-hybridized carbons (Fsp3) is 0.684. The first-order valence-corrected chi connectivity index (χ1v) is 9.38. The smallest absolute Gasteiger partial charge is 0.244 e. The number of nitrogens with zero attached hydrogens (tertiary/aromatic N) is 3. The summed E-state index contributed by atoms with van der Waals surface area (Å²) in [7, 11) is 0. The molecular weight excluding hydrogens is 318 g/mol. The van der Waals surface area contributed by atoms with Crippen molar-refractivity contribution < 1.29 is 14.3 Å². The Kier molecular flexibility index (Phi) is 6.78. The number of aromatic nitrogens is 1. The van der Waals surface area contributed by atoms with Crippen LogP contribution in [-0.4, -0.2) is 73.3 Å². The van der Waals surface area contributed by atoms with Crippen molar-refractivity contribution in [2.24, 2.45) is 5.92 Å². The molecule has 0 aliphatic carbocycles. The molecule has 0 bridgehead atoms. The molecule has 3 heterocycles. The molecule has 0 N–H and O–H groups in total. The zero-order chi connectivity index (χ0) is 17.5. The van der Waals surface area contributed by atoms with Gasteiger partial charge in [0.25, 0.3) is 0 Å². The van der Waals surface area contributed by atoms with Gasteiger partial charge in [0.15, 0.2) is 0 Å². The van der Waals surface area contributed by atoms with Crippen LogP contribution in [0.1, 0.15) is 31.4 Å². The van der Waals surface area contributed by atoms with Gasteiger partial charge in [0.2, 0.25) is 5.91 Å². The number of carbonyl (C=O) groups excluding carboxylic acids is 1. The van der Waals surface area contributed by atoms with Crippen LogP contribution in [-0.2, 0) is 14.3 Å². The number of ether oxygens (including phenoxy) is 2. The van der Waals surface area contributed by atoms with Gasteiger partial charge in [-0.25, -0.2) is 0 Å². The topological polar surface area (TPSA) is 54.9 Å². The Morgan fingerprint density at radius 3 is 2.64 bits per heavy atom. The summed E-state index contributed by atoms with van der Waals surface area (Å²) in [6.45, 7) is 8.15. The summed E-state index contributed by atoms with van der Waals surface area (Å²) < 4.78 is 10.9. The number of carbonyl (C=O) groups is 1. The lowest BCUT2D eigenvalue weighted by Crippen LogP contribution is -2.48. The standard InChI is InChI=1S/C19H29N3O3/c1-2-21(15-16-5-10-24-11-6-16)19(23)18(17-4-3-7-20-14-17)22-8-12-25-13-9-22/h3-4,7,14,16,18H,2,5-6,8-13,15H2,1H3/t18-/m0/s1. The van der Waals surface area contributed by atoms with E-state index in [2.05, 4.69) is 16.8 Å². The van der Waals surface area contributed by atoms with Gasteiger partial charge in [0.05, 0.1) is 13.2 Å². The largest absolute Gasteiger partial charge is 0.381 e. The van der Waals surface area contributed by atoms with Gasteiger partial charge in [-0.05, 0) is 37.3 Å². The van der Waals surface area contributed by atoms with E-state index in [-0.39, 0.29) is 11.9 Å². The lowest BCUT2D eigenvalue weighted by atomic mass is 9.98. The minimum atomic E-state index is -0.266. The fourth-order valence-corrected chi connectivity index (χ4v) is 3.67. The van der Waals surface area contributed by atoms with E-state index in [0.717, 1.165) is 57.8 Å². The van der Waals surface area contributed by atoms with Crippen molar-refractivity contribution in [3.8, 4) is 0 Å². The van der Waals surface area contributed by atoms with Crippen molar-refractivity contribution in [3.05, 3.63) is 30.1 Å². The van der Waals surface area contributed by atoms with Crippen molar-refractivity contribution in [2.45, 2.75) is 25.8 Å². The van der Waals surface area contributed by atoms with E-state index in [1.807, 2.05) is 23.2 Å². The average molecular weight is 347 g/mol. The Morgan fingerprint density at radius 1 is 1.28 bits per heavy atom. The Labute approximate surface area is 150 Å². The molecule has 0 radical (unpaired) electrons. The van der Waals surface area contributed by atoms with E-state index >= 15 is 0 Å². The molecular formula is C19H29N3O3. The summed E-state index contributed by atoms with van der Waals surface area (Å²) in [5.41, 5.74) is 0.972. The number of rotatable bonds is 6. The van der Waals surface area contributed by atoms with Crippen LogP contribution in [0.2, 0.25) is 0 Å². The molecule has 1 aromatic heterocycles. The number of amides is 1. The minimum Gasteiger partial charge on any atom is -0.381 e. The number of morpholine rings is 1. The Bertz CT molecular complexity index is 528. The summed E-state index contributed by atoms with van der Waals surface area (Å²) >= 11 is 0. The predicted octanol–water partition coefficient (Wildman–Crippen LogP) is 1.73. The van der Waals surface area contributed by atoms with Crippen LogP contribution in [0.5, 0.6) is 0 Å². The highest BCUT2D eigenvalue weighted by molar-refractivity contribution is 5.83. The second-order valence-corrected chi connectivity index (χ2v) is 6.77.